The lowest BCUT2D eigenvalue weighted by atomic mass is 10.1. The number of aromatic nitrogens is 2. The smallest absolute Gasteiger partial charge is 0.253 e. The Hall–Kier alpha value is -3.06. The minimum Gasteiger partial charge on any atom is -0.399 e. The van der Waals surface area contributed by atoms with E-state index in [0.29, 0.717) is 36.2 Å². The number of benzene rings is 2. The number of nitrogens with zero attached hydrogens (tertiary/aromatic N) is 3. The minimum atomic E-state index is 0.0859. The van der Waals surface area contributed by atoms with Crippen molar-refractivity contribution in [3.63, 3.8) is 0 Å². The summed E-state index contributed by atoms with van der Waals surface area (Å²) in [6.07, 6.45) is 2.81. The van der Waals surface area contributed by atoms with Crippen LogP contribution >= 0.6 is 0 Å². The summed E-state index contributed by atoms with van der Waals surface area (Å²) in [5, 5.41) is 3.40. The number of carbonyl (C=O) groups is 1. The third-order valence-corrected chi connectivity index (χ3v) is 5.99. The first-order valence-corrected chi connectivity index (χ1v) is 12.4. The van der Waals surface area contributed by atoms with Gasteiger partial charge in [0.15, 0.2) is 0 Å². The molecule has 0 radical (unpaired) electrons. The Morgan fingerprint density at radius 2 is 1.68 bits per heavy atom. The fourth-order valence-electron chi connectivity index (χ4n) is 3.85. The van der Waals surface area contributed by atoms with E-state index < -0.39 is 0 Å². The van der Waals surface area contributed by atoms with Crippen molar-refractivity contribution in [2.24, 2.45) is 17.6 Å². The standard InChI is InChI=1S/C27H40N6O/c1-19(2)12-16-32(17-13-20(3)4)26(34)21-6-11-24-25(18-21)33(15-5-14-28)27(31-24)30-23-9-7-22(29)8-10-23/h6-11,18-20H,5,12-17,28-29H2,1-4H3,(H,30,31). The van der Waals surface area contributed by atoms with Crippen LogP contribution < -0.4 is 16.8 Å². The lowest BCUT2D eigenvalue weighted by Crippen LogP contribution is -2.34. The fraction of sp³-hybridized carbons (Fsp3) is 0.481. The molecule has 7 nitrogen and oxygen atoms in total. The highest BCUT2D eigenvalue weighted by Gasteiger charge is 2.19. The van der Waals surface area contributed by atoms with Crippen LogP contribution in [-0.2, 0) is 6.54 Å². The summed E-state index contributed by atoms with van der Waals surface area (Å²) in [4.78, 5) is 20.3. The molecule has 0 spiro atoms. The van der Waals surface area contributed by atoms with E-state index in [2.05, 4.69) is 37.6 Å². The Labute approximate surface area is 203 Å². The van der Waals surface area contributed by atoms with Crippen LogP contribution in [0.15, 0.2) is 42.5 Å². The van der Waals surface area contributed by atoms with Gasteiger partial charge in [0.1, 0.15) is 0 Å². The highest BCUT2D eigenvalue weighted by Crippen LogP contribution is 2.25. The Morgan fingerprint density at radius 1 is 1.03 bits per heavy atom. The predicted octanol–water partition coefficient (Wildman–Crippen LogP) is 5.25. The van der Waals surface area contributed by atoms with Crippen molar-refractivity contribution in [3.05, 3.63) is 48.0 Å². The second kappa shape index (κ2) is 11.9. The second-order valence-corrected chi connectivity index (χ2v) is 9.84. The molecule has 1 amide bonds. The van der Waals surface area contributed by atoms with E-state index in [1.165, 1.54) is 0 Å². The molecule has 5 N–H and O–H groups in total. The van der Waals surface area contributed by atoms with Gasteiger partial charge >= 0.3 is 0 Å². The minimum absolute atomic E-state index is 0.0859. The van der Waals surface area contributed by atoms with E-state index in [1.807, 2.05) is 47.4 Å². The van der Waals surface area contributed by atoms with E-state index in [0.717, 1.165) is 55.0 Å². The van der Waals surface area contributed by atoms with Gasteiger partial charge in [-0.15, -0.1) is 0 Å². The summed E-state index contributed by atoms with van der Waals surface area (Å²) in [5.74, 6) is 1.92. The molecule has 2 aromatic carbocycles. The molecule has 0 aliphatic carbocycles. The van der Waals surface area contributed by atoms with Gasteiger partial charge in [0.25, 0.3) is 5.91 Å². The number of anilines is 3. The zero-order valence-electron chi connectivity index (χ0n) is 21.1. The number of hydrogen-bond acceptors (Lipinski definition) is 5. The number of aryl methyl sites for hydroxylation is 1. The van der Waals surface area contributed by atoms with E-state index in [9.17, 15) is 4.79 Å². The quantitative estimate of drug-likeness (QED) is 0.318. The highest BCUT2D eigenvalue weighted by atomic mass is 16.2. The van der Waals surface area contributed by atoms with Crippen LogP contribution in [0.1, 0.15) is 57.3 Å². The Kier molecular flexibility index (Phi) is 8.93. The number of nitrogens with two attached hydrogens (primary N) is 2. The van der Waals surface area contributed by atoms with Crippen molar-refractivity contribution < 1.29 is 4.79 Å². The molecular formula is C27H40N6O. The summed E-state index contributed by atoms with van der Waals surface area (Å²) < 4.78 is 2.11. The molecule has 3 rings (SSSR count). The maximum atomic E-state index is 13.5. The Balaban J connectivity index is 1.93. The molecule has 1 aromatic heterocycles. The number of hydrogen-bond donors (Lipinski definition) is 3. The van der Waals surface area contributed by atoms with Crippen molar-refractivity contribution in [2.75, 3.05) is 30.7 Å². The van der Waals surface area contributed by atoms with E-state index in [4.69, 9.17) is 16.5 Å². The van der Waals surface area contributed by atoms with Crippen LogP contribution in [0, 0.1) is 11.8 Å². The molecular weight excluding hydrogens is 424 g/mol. The number of nitrogen functional groups attached to an aromatic ring is 1. The molecule has 7 heteroatoms. The van der Waals surface area contributed by atoms with Crippen molar-refractivity contribution >= 4 is 34.3 Å². The number of amides is 1. The zero-order chi connectivity index (χ0) is 24.7. The third kappa shape index (κ3) is 6.73. The topological polar surface area (TPSA) is 102 Å². The summed E-state index contributed by atoms with van der Waals surface area (Å²) >= 11 is 0. The number of carbonyl (C=O) groups excluding carboxylic acids is 1. The lowest BCUT2D eigenvalue weighted by Gasteiger charge is -2.24. The molecule has 0 saturated heterocycles. The molecule has 1 heterocycles. The first-order valence-electron chi connectivity index (χ1n) is 12.4. The van der Waals surface area contributed by atoms with Crippen molar-refractivity contribution in [1.82, 2.24) is 14.5 Å². The normalized spacial score (nSPS) is 11.5. The van der Waals surface area contributed by atoms with Gasteiger partial charge in [-0.05, 0) is 80.1 Å². The molecule has 0 bridgehead atoms. The average molecular weight is 465 g/mol. The molecule has 0 aliphatic rings. The Morgan fingerprint density at radius 3 is 2.26 bits per heavy atom. The molecule has 0 atom stereocenters. The van der Waals surface area contributed by atoms with Crippen LogP contribution in [0.4, 0.5) is 17.3 Å². The van der Waals surface area contributed by atoms with Crippen LogP contribution in [0.5, 0.6) is 0 Å². The first kappa shape index (κ1) is 25.6. The summed E-state index contributed by atoms with van der Waals surface area (Å²) in [6.45, 7) is 11.6. The van der Waals surface area contributed by atoms with E-state index in [-0.39, 0.29) is 5.91 Å². The SMILES string of the molecule is CC(C)CCN(CCC(C)C)C(=O)c1ccc2nc(Nc3ccc(N)cc3)n(CCCN)c2c1. The maximum Gasteiger partial charge on any atom is 0.253 e. The molecule has 0 unspecified atom stereocenters. The van der Waals surface area contributed by atoms with Crippen LogP contribution in [0.25, 0.3) is 11.0 Å². The summed E-state index contributed by atoms with van der Waals surface area (Å²) in [7, 11) is 0. The molecule has 0 aliphatic heterocycles. The molecule has 0 saturated carbocycles. The van der Waals surface area contributed by atoms with Gasteiger partial charge in [0.05, 0.1) is 11.0 Å². The summed E-state index contributed by atoms with van der Waals surface area (Å²) in [6, 6.07) is 13.4. The molecule has 0 fully saturated rings. The number of rotatable bonds is 12. The molecule has 184 valence electrons. The van der Waals surface area contributed by atoms with E-state index in [1.54, 1.807) is 0 Å². The van der Waals surface area contributed by atoms with Crippen molar-refractivity contribution in [2.45, 2.75) is 53.5 Å². The van der Waals surface area contributed by atoms with Crippen LogP contribution in [0.3, 0.4) is 0 Å². The second-order valence-electron chi connectivity index (χ2n) is 9.84. The van der Waals surface area contributed by atoms with E-state index >= 15 is 0 Å². The zero-order valence-corrected chi connectivity index (χ0v) is 21.1. The van der Waals surface area contributed by atoms with Crippen LogP contribution in [-0.4, -0.2) is 40.0 Å². The molecule has 3 aromatic rings. The largest absolute Gasteiger partial charge is 0.399 e. The third-order valence-electron chi connectivity index (χ3n) is 5.99. The number of imidazole rings is 1. The lowest BCUT2D eigenvalue weighted by molar-refractivity contribution is 0.0741. The van der Waals surface area contributed by atoms with Gasteiger partial charge in [-0.2, -0.15) is 0 Å². The first-order chi connectivity index (χ1) is 16.3. The monoisotopic (exact) mass is 464 g/mol. The van der Waals surface area contributed by atoms with Gasteiger partial charge < -0.3 is 26.3 Å². The molecule has 34 heavy (non-hydrogen) atoms. The van der Waals surface area contributed by atoms with Gasteiger partial charge in [0.2, 0.25) is 5.95 Å². The summed E-state index contributed by atoms with van der Waals surface area (Å²) in [5.41, 5.74) is 15.7. The van der Waals surface area contributed by atoms with Gasteiger partial charge in [-0.25, -0.2) is 4.98 Å². The van der Waals surface area contributed by atoms with Crippen molar-refractivity contribution in [3.8, 4) is 0 Å². The fourth-order valence-corrected chi connectivity index (χ4v) is 3.85. The Bertz CT molecular complexity index is 1060. The van der Waals surface area contributed by atoms with Gasteiger partial charge in [-0.3, -0.25) is 4.79 Å². The number of nitrogens with one attached hydrogen (secondary N) is 1. The van der Waals surface area contributed by atoms with Crippen molar-refractivity contribution in [1.29, 1.82) is 0 Å². The van der Waals surface area contributed by atoms with Gasteiger partial charge in [0, 0.05) is 36.6 Å². The maximum absolute atomic E-state index is 13.5. The number of fused-ring (bicyclic) bond motifs is 1. The highest BCUT2D eigenvalue weighted by molar-refractivity contribution is 5.98. The van der Waals surface area contributed by atoms with Crippen LogP contribution in [0.2, 0.25) is 0 Å². The predicted molar refractivity (Wildman–Crippen MR) is 142 cm³/mol. The average Bonchev–Trinajstić information content (AvgIpc) is 3.14. The van der Waals surface area contributed by atoms with Gasteiger partial charge in [-0.1, -0.05) is 27.7 Å².